The van der Waals surface area contributed by atoms with Gasteiger partial charge < -0.3 is 14.6 Å². The Labute approximate surface area is 122 Å². The molecule has 1 N–H and O–H groups in total. The number of nitrogens with one attached hydrogen (secondary N) is 1. The highest BCUT2D eigenvalue weighted by Crippen LogP contribution is 2.35. The number of benzene rings is 1. The molecule has 1 aliphatic rings. The van der Waals surface area contributed by atoms with Crippen LogP contribution in [0.25, 0.3) is 10.8 Å². The summed E-state index contributed by atoms with van der Waals surface area (Å²) in [5.41, 5.74) is 0.337. The third kappa shape index (κ3) is 2.39. The van der Waals surface area contributed by atoms with E-state index in [0.717, 1.165) is 18.2 Å². The molecule has 0 spiro atoms. The summed E-state index contributed by atoms with van der Waals surface area (Å²) in [6, 6.07) is 7.25. The molecular weight excluding hydrogens is 268 g/mol. The molecule has 5 nitrogen and oxygen atoms in total. The fourth-order valence-electron chi connectivity index (χ4n) is 2.56. The topological polar surface area (TPSA) is 60.3 Å². The van der Waals surface area contributed by atoms with E-state index in [4.69, 9.17) is 4.74 Å². The van der Waals surface area contributed by atoms with Crippen molar-refractivity contribution in [3.8, 4) is 5.75 Å². The second-order valence-electron chi connectivity index (χ2n) is 5.25. The lowest BCUT2D eigenvalue weighted by Crippen LogP contribution is -2.32. The number of rotatable bonds is 4. The lowest BCUT2D eigenvalue weighted by atomic mass is 10.1. The Morgan fingerprint density at radius 2 is 2.14 bits per heavy atom. The first-order chi connectivity index (χ1) is 10.2. The largest absolute Gasteiger partial charge is 0.497 e. The Morgan fingerprint density at radius 3 is 2.76 bits per heavy atom. The van der Waals surface area contributed by atoms with E-state index in [1.165, 1.54) is 0 Å². The van der Waals surface area contributed by atoms with E-state index in [0.29, 0.717) is 23.4 Å². The fourth-order valence-corrected chi connectivity index (χ4v) is 2.56. The van der Waals surface area contributed by atoms with E-state index in [2.05, 4.69) is 5.32 Å². The number of methoxy groups -OCH3 is 1. The highest BCUT2D eigenvalue weighted by molar-refractivity contribution is 5.97. The summed E-state index contributed by atoms with van der Waals surface area (Å²) in [7, 11) is 1.58. The average molecular weight is 286 g/mol. The van der Waals surface area contributed by atoms with Crippen LogP contribution >= 0.6 is 0 Å². The van der Waals surface area contributed by atoms with Crippen LogP contribution in [0.15, 0.2) is 29.1 Å². The summed E-state index contributed by atoms with van der Waals surface area (Å²) in [6.45, 7) is 2.40. The third-order valence-electron chi connectivity index (χ3n) is 3.74. The normalized spacial score (nSPS) is 14.2. The Balaban J connectivity index is 2.25. The minimum atomic E-state index is -0.203. The molecule has 1 fully saturated rings. The summed E-state index contributed by atoms with van der Waals surface area (Å²) in [4.78, 5) is 24.9. The quantitative estimate of drug-likeness (QED) is 0.936. The smallest absolute Gasteiger partial charge is 0.268 e. The van der Waals surface area contributed by atoms with Crippen molar-refractivity contribution in [2.24, 2.45) is 0 Å². The zero-order chi connectivity index (χ0) is 15.0. The molecule has 1 aliphatic carbocycles. The van der Waals surface area contributed by atoms with Crippen LogP contribution in [-0.4, -0.2) is 24.1 Å². The monoisotopic (exact) mass is 286 g/mol. The number of ether oxygens (including phenoxy) is 1. The van der Waals surface area contributed by atoms with Gasteiger partial charge in [-0.1, -0.05) is 0 Å². The number of hydrogen-bond donors (Lipinski definition) is 1. The van der Waals surface area contributed by atoms with E-state index >= 15 is 0 Å². The molecule has 0 atom stereocenters. The molecular formula is C16H18N2O3. The molecule has 2 aromatic rings. The molecule has 110 valence electrons. The lowest BCUT2D eigenvalue weighted by Gasteiger charge is -2.13. The van der Waals surface area contributed by atoms with Gasteiger partial charge in [0.25, 0.3) is 11.5 Å². The molecule has 0 saturated heterocycles. The second-order valence-corrected chi connectivity index (χ2v) is 5.25. The van der Waals surface area contributed by atoms with Crippen LogP contribution in [0.3, 0.4) is 0 Å². The number of aromatic nitrogens is 1. The number of fused-ring (bicyclic) bond motifs is 1. The summed E-state index contributed by atoms with van der Waals surface area (Å²) >= 11 is 0. The van der Waals surface area contributed by atoms with Crippen LogP contribution in [0.2, 0.25) is 0 Å². The van der Waals surface area contributed by atoms with Crippen molar-refractivity contribution in [2.45, 2.75) is 25.8 Å². The minimum absolute atomic E-state index is 0.0982. The van der Waals surface area contributed by atoms with Crippen LogP contribution < -0.4 is 15.6 Å². The van der Waals surface area contributed by atoms with Crippen molar-refractivity contribution in [2.75, 3.05) is 13.7 Å². The van der Waals surface area contributed by atoms with Gasteiger partial charge in [0.05, 0.1) is 7.11 Å². The van der Waals surface area contributed by atoms with Crippen LogP contribution in [0, 0.1) is 0 Å². The number of hydrogen-bond acceptors (Lipinski definition) is 3. The van der Waals surface area contributed by atoms with E-state index in [9.17, 15) is 9.59 Å². The lowest BCUT2D eigenvalue weighted by molar-refractivity contribution is 0.0945. The maximum atomic E-state index is 12.7. The molecule has 5 heteroatoms. The summed E-state index contributed by atoms with van der Waals surface area (Å²) < 4.78 is 6.83. The van der Waals surface area contributed by atoms with Crippen molar-refractivity contribution in [3.63, 3.8) is 0 Å². The molecule has 0 unspecified atom stereocenters. The molecule has 1 heterocycles. The van der Waals surface area contributed by atoms with Gasteiger partial charge in [-0.25, -0.2) is 0 Å². The van der Waals surface area contributed by atoms with E-state index < -0.39 is 0 Å². The highest BCUT2D eigenvalue weighted by atomic mass is 16.5. The first-order valence-electron chi connectivity index (χ1n) is 7.17. The van der Waals surface area contributed by atoms with Gasteiger partial charge in [0.2, 0.25) is 0 Å². The predicted octanol–water partition coefficient (Wildman–Crippen LogP) is 2.09. The van der Waals surface area contributed by atoms with Crippen molar-refractivity contribution < 1.29 is 9.53 Å². The third-order valence-corrected chi connectivity index (χ3v) is 3.74. The molecule has 21 heavy (non-hydrogen) atoms. The SMILES string of the molecule is CCNC(=O)c1cc2cc(OC)ccc2c(=O)n1C1CC1. The van der Waals surface area contributed by atoms with E-state index in [1.54, 1.807) is 35.9 Å². The maximum absolute atomic E-state index is 12.7. The van der Waals surface area contributed by atoms with Crippen molar-refractivity contribution in [1.29, 1.82) is 0 Å². The first kappa shape index (κ1) is 13.7. The Bertz CT molecular complexity index is 760. The second kappa shape index (κ2) is 5.24. The molecule has 0 bridgehead atoms. The predicted molar refractivity (Wildman–Crippen MR) is 81.0 cm³/mol. The highest BCUT2D eigenvalue weighted by Gasteiger charge is 2.29. The number of pyridine rings is 1. The minimum Gasteiger partial charge on any atom is -0.497 e. The van der Waals surface area contributed by atoms with Gasteiger partial charge in [0.15, 0.2) is 0 Å². The van der Waals surface area contributed by atoms with Crippen molar-refractivity contribution in [1.82, 2.24) is 9.88 Å². The summed E-state index contributed by atoms with van der Waals surface area (Å²) in [5.74, 6) is 0.471. The number of carbonyl (C=O) groups is 1. The van der Waals surface area contributed by atoms with E-state index in [-0.39, 0.29) is 17.5 Å². The number of amides is 1. The molecule has 1 saturated carbocycles. The zero-order valence-electron chi connectivity index (χ0n) is 12.2. The molecule has 1 aromatic heterocycles. The standard InChI is InChI=1S/C16H18N2O3/c1-3-17-15(19)14-9-10-8-12(21-2)6-7-13(10)16(20)18(14)11-4-5-11/h6-9,11H,3-5H2,1-2H3,(H,17,19). The Kier molecular flexibility index (Phi) is 3.41. The van der Waals surface area contributed by atoms with Gasteiger partial charge in [-0.05, 0) is 49.4 Å². The maximum Gasteiger partial charge on any atom is 0.268 e. The van der Waals surface area contributed by atoms with Crippen LogP contribution in [0.5, 0.6) is 5.75 Å². The van der Waals surface area contributed by atoms with E-state index in [1.807, 2.05) is 6.92 Å². The van der Waals surface area contributed by atoms with Crippen molar-refractivity contribution >= 4 is 16.7 Å². The van der Waals surface area contributed by atoms with Gasteiger partial charge in [-0.3, -0.25) is 9.59 Å². The number of carbonyl (C=O) groups excluding carboxylic acids is 1. The number of nitrogens with zero attached hydrogens (tertiary/aromatic N) is 1. The summed E-state index contributed by atoms with van der Waals surface area (Å²) in [5, 5.41) is 4.13. The molecule has 0 aliphatic heterocycles. The molecule has 0 radical (unpaired) electrons. The molecule has 1 aromatic carbocycles. The van der Waals surface area contributed by atoms with Gasteiger partial charge in [-0.15, -0.1) is 0 Å². The molecule has 3 rings (SSSR count). The van der Waals surface area contributed by atoms with Gasteiger partial charge in [-0.2, -0.15) is 0 Å². The first-order valence-corrected chi connectivity index (χ1v) is 7.17. The van der Waals surface area contributed by atoms with Gasteiger partial charge >= 0.3 is 0 Å². The van der Waals surface area contributed by atoms with Crippen molar-refractivity contribution in [3.05, 3.63) is 40.3 Å². The van der Waals surface area contributed by atoms with Crippen LogP contribution in [0.1, 0.15) is 36.3 Å². The van der Waals surface area contributed by atoms with Gasteiger partial charge in [0, 0.05) is 18.0 Å². The fraction of sp³-hybridized carbons (Fsp3) is 0.375. The van der Waals surface area contributed by atoms with Crippen LogP contribution in [-0.2, 0) is 0 Å². The summed E-state index contributed by atoms with van der Waals surface area (Å²) in [6.07, 6.45) is 1.90. The zero-order valence-corrected chi connectivity index (χ0v) is 12.2. The average Bonchev–Trinajstić information content (AvgIpc) is 3.31. The Morgan fingerprint density at radius 1 is 1.38 bits per heavy atom. The Hall–Kier alpha value is -2.30. The van der Waals surface area contributed by atoms with Gasteiger partial charge in [0.1, 0.15) is 11.4 Å². The van der Waals surface area contributed by atoms with Crippen LogP contribution in [0.4, 0.5) is 0 Å². The molecule has 1 amide bonds.